The molecule has 32 heavy (non-hydrogen) atoms. The molecule has 0 N–H and O–H groups in total. The third-order valence-corrected chi connectivity index (χ3v) is 6.53. The first kappa shape index (κ1) is 22.9. The number of aryl methyl sites for hydroxylation is 1. The second-order valence-corrected chi connectivity index (χ2v) is 9.62. The molecule has 4 rings (SSSR count). The van der Waals surface area contributed by atoms with Gasteiger partial charge in [-0.2, -0.15) is 0 Å². The lowest BCUT2D eigenvalue weighted by atomic mass is 10.0. The Morgan fingerprint density at radius 3 is 2.53 bits per heavy atom. The summed E-state index contributed by atoms with van der Waals surface area (Å²) in [7, 11) is 0. The largest absolute Gasteiger partial charge is 0.489 e. The molecule has 0 saturated carbocycles. The number of ether oxygens (including phenoxy) is 1. The maximum atomic E-state index is 12.7. The number of likely N-dealkylation sites (tertiary alicyclic amines) is 1. The van der Waals surface area contributed by atoms with Gasteiger partial charge in [-0.25, -0.2) is 0 Å². The van der Waals surface area contributed by atoms with Crippen LogP contribution in [-0.4, -0.2) is 41.0 Å². The molecule has 0 amide bonds. The summed E-state index contributed by atoms with van der Waals surface area (Å²) in [4.78, 5) is 15.3. The molecule has 170 valence electrons. The third-order valence-electron chi connectivity index (χ3n) is 6.22. The van der Waals surface area contributed by atoms with Crippen LogP contribution >= 0.6 is 11.6 Å². The van der Waals surface area contributed by atoms with Gasteiger partial charge in [0.1, 0.15) is 11.9 Å². The molecule has 3 aromatic rings. The Balaban J connectivity index is 1.30. The Morgan fingerprint density at radius 2 is 1.78 bits per heavy atom. The van der Waals surface area contributed by atoms with Gasteiger partial charge in [-0.3, -0.25) is 4.79 Å². The molecule has 2 aromatic carbocycles. The Hall–Kier alpha value is -2.30. The van der Waals surface area contributed by atoms with Gasteiger partial charge in [0.05, 0.1) is 5.02 Å². The molecular weight excluding hydrogens is 420 g/mol. The van der Waals surface area contributed by atoms with Gasteiger partial charge in [0, 0.05) is 48.7 Å². The van der Waals surface area contributed by atoms with E-state index >= 15 is 0 Å². The fourth-order valence-electron chi connectivity index (χ4n) is 4.57. The van der Waals surface area contributed by atoms with Gasteiger partial charge >= 0.3 is 0 Å². The quantitative estimate of drug-likeness (QED) is 0.349. The van der Waals surface area contributed by atoms with Crippen molar-refractivity contribution in [2.24, 2.45) is 5.92 Å². The topological polar surface area (TPSA) is 34.5 Å². The van der Waals surface area contributed by atoms with Crippen molar-refractivity contribution in [3.05, 3.63) is 65.3 Å². The molecule has 0 radical (unpaired) electrons. The number of halogens is 1. The summed E-state index contributed by atoms with van der Waals surface area (Å²) in [6.45, 7) is 8.25. The van der Waals surface area contributed by atoms with Crippen LogP contribution in [0.3, 0.4) is 0 Å². The molecule has 5 heteroatoms. The highest BCUT2D eigenvalue weighted by Crippen LogP contribution is 2.27. The average Bonchev–Trinajstić information content (AvgIpc) is 3.15. The smallest absolute Gasteiger partial charge is 0.165 e. The monoisotopic (exact) mass is 452 g/mol. The summed E-state index contributed by atoms with van der Waals surface area (Å²) in [5.74, 6) is 1.40. The summed E-state index contributed by atoms with van der Waals surface area (Å²) < 4.78 is 8.37. The minimum Gasteiger partial charge on any atom is -0.489 e. The number of fused-ring (bicyclic) bond motifs is 1. The van der Waals surface area contributed by atoms with Gasteiger partial charge < -0.3 is 14.2 Å². The zero-order chi connectivity index (χ0) is 22.5. The zero-order valence-corrected chi connectivity index (χ0v) is 19.9. The van der Waals surface area contributed by atoms with E-state index in [0.717, 1.165) is 67.7 Å². The van der Waals surface area contributed by atoms with E-state index in [1.165, 1.54) is 0 Å². The number of hydrogen-bond donors (Lipinski definition) is 0. The van der Waals surface area contributed by atoms with Gasteiger partial charge in [-0.1, -0.05) is 55.8 Å². The standard InChI is InChI=1S/C27H33ClN2O2/c1-20(2)18-26(31)23-19-30(25-10-5-3-8-22(23)25)15-7-14-29-16-12-21(13-17-29)32-27-11-6-4-9-24(27)28/h3-6,8-11,19-21H,7,12-18H2,1-2H3. The lowest BCUT2D eigenvalue weighted by molar-refractivity contribution is 0.0969. The highest BCUT2D eigenvalue weighted by atomic mass is 35.5. The average molecular weight is 453 g/mol. The van der Waals surface area contributed by atoms with Crippen molar-refractivity contribution in [2.75, 3.05) is 19.6 Å². The number of nitrogens with zero attached hydrogens (tertiary/aromatic N) is 2. The van der Waals surface area contributed by atoms with Crippen LogP contribution < -0.4 is 4.74 Å². The van der Waals surface area contributed by atoms with Crippen molar-refractivity contribution in [3.8, 4) is 5.75 Å². The van der Waals surface area contributed by atoms with Crippen LogP contribution in [0.15, 0.2) is 54.7 Å². The SMILES string of the molecule is CC(C)CC(=O)c1cn(CCCN2CCC(Oc3ccccc3Cl)CC2)c2ccccc12. The van der Waals surface area contributed by atoms with E-state index in [-0.39, 0.29) is 11.9 Å². The van der Waals surface area contributed by atoms with Crippen LogP contribution in [0.1, 0.15) is 49.9 Å². The predicted octanol–water partition coefficient (Wildman–Crippen LogP) is 6.46. The van der Waals surface area contributed by atoms with Crippen molar-refractivity contribution in [2.45, 2.75) is 52.2 Å². The van der Waals surface area contributed by atoms with Gasteiger partial charge in [0.2, 0.25) is 0 Å². The normalized spacial score (nSPS) is 15.5. The Morgan fingerprint density at radius 1 is 1.06 bits per heavy atom. The summed E-state index contributed by atoms with van der Waals surface area (Å²) in [5, 5.41) is 1.76. The van der Waals surface area contributed by atoms with E-state index in [2.05, 4.69) is 47.7 Å². The third kappa shape index (κ3) is 5.54. The van der Waals surface area contributed by atoms with Crippen LogP contribution in [0.2, 0.25) is 5.02 Å². The Labute approximate surface area is 196 Å². The van der Waals surface area contributed by atoms with E-state index in [1.54, 1.807) is 0 Å². The molecule has 1 saturated heterocycles. The number of Topliss-reactive ketones (excluding diaryl/α,β-unsaturated/α-hetero) is 1. The van der Waals surface area contributed by atoms with Crippen molar-refractivity contribution >= 4 is 28.3 Å². The fourth-order valence-corrected chi connectivity index (χ4v) is 4.75. The molecule has 0 bridgehead atoms. The van der Waals surface area contributed by atoms with E-state index in [0.29, 0.717) is 17.4 Å². The molecule has 4 nitrogen and oxygen atoms in total. The van der Waals surface area contributed by atoms with Crippen molar-refractivity contribution in [3.63, 3.8) is 0 Å². The fraction of sp³-hybridized carbons (Fsp3) is 0.444. The molecule has 1 fully saturated rings. The minimum absolute atomic E-state index is 0.231. The molecule has 2 heterocycles. The van der Waals surface area contributed by atoms with E-state index < -0.39 is 0 Å². The van der Waals surface area contributed by atoms with E-state index in [9.17, 15) is 4.79 Å². The molecule has 1 aliphatic heterocycles. The number of aromatic nitrogens is 1. The van der Waals surface area contributed by atoms with Gasteiger partial charge in [-0.05, 0) is 49.9 Å². The Bertz CT molecular complexity index is 1050. The first-order valence-electron chi connectivity index (χ1n) is 11.8. The first-order valence-corrected chi connectivity index (χ1v) is 12.1. The van der Waals surface area contributed by atoms with Crippen molar-refractivity contribution < 1.29 is 9.53 Å². The number of para-hydroxylation sites is 2. The van der Waals surface area contributed by atoms with Crippen molar-refractivity contribution in [1.82, 2.24) is 9.47 Å². The molecular formula is C27H33ClN2O2. The molecule has 0 unspecified atom stereocenters. The number of benzene rings is 2. The van der Waals surface area contributed by atoms with E-state index in [1.807, 2.05) is 30.3 Å². The van der Waals surface area contributed by atoms with Gasteiger partial charge in [0.15, 0.2) is 5.78 Å². The maximum absolute atomic E-state index is 12.7. The van der Waals surface area contributed by atoms with Crippen LogP contribution in [-0.2, 0) is 6.54 Å². The number of hydrogen-bond acceptors (Lipinski definition) is 3. The number of ketones is 1. The Kier molecular flexibility index (Phi) is 7.54. The summed E-state index contributed by atoms with van der Waals surface area (Å²) in [6.07, 6.45) is 6.00. The van der Waals surface area contributed by atoms with Gasteiger partial charge in [-0.15, -0.1) is 0 Å². The van der Waals surface area contributed by atoms with Crippen molar-refractivity contribution in [1.29, 1.82) is 0 Å². The second-order valence-electron chi connectivity index (χ2n) is 9.22. The summed E-state index contributed by atoms with van der Waals surface area (Å²) in [6, 6.07) is 16.0. The summed E-state index contributed by atoms with van der Waals surface area (Å²) >= 11 is 6.23. The minimum atomic E-state index is 0.231. The number of rotatable bonds is 9. The highest BCUT2D eigenvalue weighted by Gasteiger charge is 2.21. The van der Waals surface area contributed by atoms with Crippen LogP contribution in [0, 0.1) is 5.92 Å². The van der Waals surface area contributed by atoms with Crippen LogP contribution in [0.25, 0.3) is 10.9 Å². The van der Waals surface area contributed by atoms with Crippen LogP contribution in [0.4, 0.5) is 0 Å². The predicted molar refractivity (Wildman–Crippen MR) is 132 cm³/mol. The molecule has 0 aliphatic carbocycles. The molecule has 1 aromatic heterocycles. The maximum Gasteiger partial charge on any atom is 0.165 e. The van der Waals surface area contributed by atoms with Gasteiger partial charge in [0.25, 0.3) is 0 Å². The van der Waals surface area contributed by atoms with Crippen LogP contribution in [0.5, 0.6) is 5.75 Å². The lowest BCUT2D eigenvalue weighted by Gasteiger charge is -2.32. The number of piperidine rings is 1. The first-order chi connectivity index (χ1) is 15.5. The molecule has 0 spiro atoms. The zero-order valence-electron chi connectivity index (χ0n) is 19.1. The summed E-state index contributed by atoms with van der Waals surface area (Å²) in [5.41, 5.74) is 2.03. The molecule has 1 aliphatic rings. The lowest BCUT2D eigenvalue weighted by Crippen LogP contribution is -2.39. The highest BCUT2D eigenvalue weighted by molar-refractivity contribution is 6.32. The molecule has 0 atom stereocenters. The number of carbonyl (C=O) groups excluding carboxylic acids is 1. The van der Waals surface area contributed by atoms with E-state index in [4.69, 9.17) is 16.3 Å². The number of carbonyl (C=O) groups is 1. The second kappa shape index (κ2) is 10.5.